The second kappa shape index (κ2) is 9.16. The highest BCUT2D eigenvalue weighted by Crippen LogP contribution is 2.44. The summed E-state index contributed by atoms with van der Waals surface area (Å²) in [5, 5.41) is 1.51. The van der Waals surface area contributed by atoms with Gasteiger partial charge in [0.25, 0.3) is 5.56 Å². The van der Waals surface area contributed by atoms with Crippen LogP contribution >= 0.6 is 0 Å². The first-order valence-corrected chi connectivity index (χ1v) is 10.2. The zero-order chi connectivity index (χ0) is 23.5. The average Bonchev–Trinajstić information content (AvgIpc) is 2.86. The normalized spacial score (nSPS) is 10.7. The molecule has 0 fully saturated rings. The van der Waals surface area contributed by atoms with E-state index in [1.54, 1.807) is 52.2 Å². The molecule has 0 aliphatic rings. The zero-order valence-electron chi connectivity index (χ0n) is 19.2. The highest BCUT2D eigenvalue weighted by molar-refractivity contribution is 5.98. The fraction of sp³-hybridized carbons (Fsp3) is 0.192. The molecular formula is C26H25NO6. The highest BCUT2D eigenvalue weighted by atomic mass is 16.5. The van der Waals surface area contributed by atoms with Crippen LogP contribution in [-0.4, -0.2) is 40.1 Å². The van der Waals surface area contributed by atoms with Crippen molar-refractivity contribution >= 4 is 10.8 Å². The number of aromatic nitrogens is 1. The van der Waals surface area contributed by atoms with Crippen LogP contribution in [0.3, 0.4) is 0 Å². The number of methoxy groups -OCH3 is 5. The number of fused-ring (bicyclic) bond motifs is 1. The molecule has 0 saturated heterocycles. The van der Waals surface area contributed by atoms with Crippen molar-refractivity contribution in [3.8, 4) is 45.7 Å². The third-order valence-electron chi connectivity index (χ3n) is 5.49. The molecule has 0 atom stereocenters. The Hall–Kier alpha value is -4.13. The van der Waals surface area contributed by atoms with E-state index < -0.39 is 0 Å². The minimum Gasteiger partial charge on any atom is -0.493 e. The smallest absolute Gasteiger partial charge is 0.256 e. The molecule has 0 aliphatic carbocycles. The van der Waals surface area contributed by atoms with Crippen LogP contribution in [0.1, 0.15) is 0 Å². The molecule has 0 spiro atoms. The lowest BCUT2D eigenvalue weighted by Gasteiger charge is -2.20. The summed E-state index contributed by atoms with van der Waals surface area (Å²) in [5.74, 6) is 2.53. The van der Waals surface area contributed by atoms with E-state index in [0.29, 0.717) is 45.4 Å². The molecule has 0 N–H and O–H groups in total. The summed E-state index contributed by atoms with van der Waals surface area (Å²) in [4.78, 5) is 13.4. The highest BCUT2D eigenvalue weighted by Gasteiger charge is 2.21. The van der Waals surface area contributed by atoms with E-state index in [1.807, 2.05) is 48.5 Å². The molecule has 4 aromatic rings. The van der Waals surface area contributed by atoms with E-state index in [9.17, 15) is 4.79 Å². The summed E-state index contributed by atoms with van der Waals surface area (Å²) in [6.07, 6.45) is 0. The number of ether oxygens (including phenoxy) is 5. The number of para-hydroxylation sites is 1. The van der Waals surface area contributed by atoms with Gasteiger partial charge in [0, 0.05) is 22.7 Å². The van der Waals surface area contributed by atoms with Crippen LogP contribution in [0, 0.1) is 0 Å². The van der Waals surface area contributed by atoms with Gasteiger partial charge < -0.3 is 23.7 Å². The van der Waals surface area contributed by atoms with Crippen LogP contribution in [-0.2, 0) is 0 Å². The van der Waals surface area contributed by atoms with Gasteiger partial charge in [0.1, 0.15) is 0 Å². The van der Waals surface area contributed by atoms with Gasteiger partial charge in [0.15, 0.2) is 23.0 Å². The monoisotopic (exact) mass is 447 g/mol. The Kier molecular flexibility index (Phi) is 6.13. The molecular weight excluding hydrogens is 422 g/mol. The van der Waals surface area contributed by atoms with E-state index in [-0.39, 0.29) is 5.56 Å². The van der Waals surface area contributed by atoms with Crippen molar-refractivity contribution in [3.05, 3.63) is 71.0 Å². The number of nitrogens with zero attached hydrogens (tertiary/aromatic N) is 1. The molecule has 7 nitrogen and oxygen atoms in total. The Labute approximate surface area is 191 Å². The molecule has 4 rings (SSSR count). The average molecular weight is 447 g/mol. The second-order valence-electron chi connectivity index (χ2n) is 7.21. The molecule has 170 valence electrons. The number of hydrogen-bond acceptors (Lipinski definition) is 6. The first kappa shape index (κ1) is 22.1. The predicted molar refractivity (Wildman–Crippen MR) is 128 cm³/mol. The lowest BCUT2D eigenvalue weighted by molar-refractivity contribution is 0.324. The first-order chi connectivity index (χ1) is 16.1. The number of benzene rings is 3. The maximum Gasteiger partial charge on any atom is 0.256 e. The molecule has 7 heteroatoms. The molecule has 1 aromatic heterocycles. The summed E-state index contributed by atoms with van der Waals surface area (Å²) in [6, 6.07) is 18.4. The van der Waals surface area contributed by atoms with E-state index in [1.165, 1.54) is 0 Å². The maximum atomic E-state index is 13.4. The minimum absolute atomic E-state index is 0.190. The lowest BCUT2D eigenvalue weighted by Crippen LogP contribution is -2.19. The van der Waals surface area contributed by atoms with E-state index in [0.717, 1.165) is 11.1 Å². The van der Waals surface area contributed by atoms with Gasteiger partial charge in [-0.25, -0.2) is 0 Å². The van der Waals surface area contributed by atoms with Gasteiger partial charge in [-0.3, -0.25) is 9.36 Å². The molecule has 0 aliphatic heterocycles. The molecule has 1 heterocycles. The SMILES string of the molecule is COc1cc2cc(=O)n(-c3ccccc3)c(-c3cc(OC)c(OC)c(OC)c3)c2cc1OC. The van der Waals surface area contributed by atoms with Gasteiger partial charge in [-0.15, -0.1) is 0 Å². The van der Waals surface area contributed by atoms with E-state index >= 15 is 0 Å². The van der Waals surface area contributed by atoms with Crippen molar-refractivity contribution in [3.63, 3.8) is 0 Å². The van der Waals surface area contributed by atoms with Gasteiger partial charge >= 0.3 is 0 Å². The van der Waals surface area contributed by atoms with Gasteiger partial charge in [-0.1, -0.05) is 18.2 Å². The fourth-order valence-corrected chi connectivity index (χ4v) is 3.98. The fourth-order valence-electron chi connectivity index (χ4n) is 3.98. The molecule has 0 unspecified atom stereocenters. The summed E-state index contributed by atoms with van der Waals surface area (Å²) in [5.41, 5.74) is 1.90. The standard InChI is InChI=1S/C26H25NO6/c1-29-20-11-16-14-24(28)27(18-9-7-6-8-10-18)25(19(16)15-21(20)30-2)17-12-22(31-3)26(33-5)23(13-17)32-4/h6-15H,1-5H3. The maximum absolute atomic E-state index is 13.4. The molecule has 33 heavy (non-hydrogen) atoms. The van der Waals surface area contributed by atoms with Crippen LogP contribution < -0.4 is 29.2 Å². The Morgan fingerprint density at radius 3 is 1.76 bits per heavy atom. The Morgan fingerprint density at radius 2 is 1.21 bits per heavy atom. The topological polar surface area (TPSA) is 68.2 Å². The summed E-state index contributed by atoms with van der Waals surface area (Å²) >= 11 is 0. The van der Waals surface area contributed by atoms with Crippen LogP contribution in [0.25, 0.3) is 27.7 Å². The Balaban J connectivity index is 2.19. The minimum atomic E-state index is -0.190. The van der Waals surface area contributed by atoms with Crippen molar-refractivity contribution in [1.29, 1.82) is 0 Å². The van der Waals surface area contributed by atoms with Crippen LogP contribution in [0.2, 0.25) is 0 Å². The predicted octanol–water partition coefficient (Wildman–Crippen LogP) is 4.70. The van der Waals surface area contributed by atoms with E-state index in [4.69, 9.17) is 23.7 Å². The molecule has 3 aromatic carbocycles. The van der Waals surface area contributed by atoms with Gasteiger partial charge in [-0.05, 0) is 41.8 Å². The summed E-state index contributed by atoms with van der Waals surface area (Å²) in [7, 11) is 7.81. The quantitative estimate of drug-likeness (QED) is 0.409. The first-order valence-electron chi connectivity index (χ1n) is 10.2. The van der Waals surface area contributed by atoms with Crippen LogP contribution in [0.5, 0.6) is 28.7 Å². The zero-order valence-corrected chi connectivity index (χ0v) is 19.2. The van der Waals surface area contributed by atoms with E-state index in [2.05, 4.69) is 0 Å². The van der Waals surface area contributed by atoms with Crippen molar-refractivity contribution < 1.29 is 23.7 Å². The third-order valence-corrected chi connectivity index (χ3v) is 5.49. The van der Waals surface area contributed by atoms with Crippen molar-refractivity contribution in [1.82, 2.24) is 4.57 Å². The third kappa shape index (κ3) is 3.82. The second-order valence-corrected chi connectivity index (χ2v) is 7.21. The van der Waals surface area contributed by atoms with Crippen LogP contribution in [0.15, 0.2) is 65.5 Å². The largest absolute Gasteiger partial charge is 0.493 e. The molecule has 0 saturated carbocycles. The number of hydrogen-bond donors (Lipinski definition) is 0. The van der Waals surface area contributed by atoms with Crippen molar-refractivity contribution in [2.45, 2.75) is 0 Å². The molecule has 0 radical (unpaired) electrons. The van der Waals surface area contributed by atoms with Crippen molar-refractivity contribution in [2.24, 2.45) is 0 Å². The molecule has 0 bridgehead atoms. The van der Waals surface area contributed by atoms with Gasteiger partial charge in [0.2, 0.25) is 5.75 Å². The number of pyridine rings is 1. The summed E-state index contributed by atoms with van der Waals surface area (Å²) < 4.78 is 29.3. The van der Waals surface area contributed by atoms with Crippen LogP contribution in [0.4, 0.5) is 0 Å². The van der Waals surface area contributed by atoms with Gasteiger partial charge in [0.05, 0.1) is 41.2 Å². The van der Waals surface area contributed by atoms with Crippen molar-refractivity contribution in [2.75, 3.05) is 35.5 Å². The lowest BCUT2D eigenvalue weighted by atomic mass is 10.0. The van der Waals surface area contributed by atoms with Gasteiger partial charge in [-0.2, -0.15) is 0 Å². The Morgan fingerprint density at radius 1 is 0.636 bits per heavy atom. The summed E-state index contributed by atoms with van der Waals surface area (Å²) in [6.45, 7) is 0. The number of rotatable bonds is 7. The molecule has 0 amide bonds. The Bertz CT molecular complexity index is 1340.